The summed E-state index contributed by atoms with van der Waals surface area (Å²) in [6.45, 7) is 1.88. The van der Waals surface area contributed by atoms with Gasteiger partial charge in [0.25, 0.3) is 0 Å². The van der Waals surface area contributed by atoms with E-state index in [4.69, 9.17) is 0 Å². The van der Waals surface area contributed by atoms with Crippen LogP contribution < -0.4 is 0 Å². The summed E-state index contributed by atoms with van der Waals surface area (Å²) >= 11 is 0. The van der Waals surface area contributed by atoms with Crippen LogP contribution in [0.3, 0.4) is 0 Å². The number of carbonyl (C=O) groups is 1. The summed E-state index contributed by atoms with van der Waals surface area (Å²) in [6.07, 6.45) is 4.07. The molecule has 3 heteroatoms. The molecule has 19 heavy (non-hydrogen) atoms. The minimum atomic E-state index is 0.135. The lowest BCUT2D eigenvalue weighted by Gasteiger charge is -2.10. The molecule has 0 aliphatic heterocycles. The molecule has 0 radical (unpaired) electrons. The maximum atomic E-state index is 12.1. The Morgan fingerprint density at radius 3 is 2.53 bits per heavy atom. The Labute approximate surface area is 111 Å². The first kappa shape index (κ1) is 11.7. The molecular formula is C16H14N2O. The average Bonchev–Trinajstić information content (AvgIpc) is 2.99. The zero-order valence-corrected chi connectivity index (χ0v) is 10.7. The molecule has 1 aromatic heterocycles. The van der Waals surface area contributed by atoms with Crippen LogP contribution in [0.5, 0.6) is 0 Å². The number of ketones is 1. The number of fused-ring (bicyclic) bond motifs is 1. The fourth-order valence-electron chi connectivity index (χ4n) is 2.24. The third-order valence-corrected chi connectivity index (χ3v) is 3.24. The number of hydrogen-bond acceptors (Lipinski definition) is 2. The fraction of sp³-hybridized carbons (Fsp3) is 0.125. The van der Waals surface area contributed by atoms with Crippen molar-refractivity contribution in [1.82, 2.24) is 9.78 Å². The highest BCUT2D eigenvalue weighted by Crippen LogP contribution is 2.23. The summed E-state index contributed by atoms with van der Waals surface area (Å²) in [7, 11) is 0. The van der Waals surface area contributed by atoms with Crippen molar-refractivity contribution in [3.05, 3.63) is 60.4 Å². The summed E-state index contributed by atoms with van der Waals surface area (Å²) in [5.74, 6) is 0.135. The van der Waals surface area contributed by atoms with Crippen molar-refractivity contribution in [2.75, 3.05) is 0 Å². The van der Waals surface area contributed by atoms with E-state index in [-0.39, 0.29) is 5.78 Å². The highest BCUT2D eigenvalue weighted by molar-refractivity contribution is 6.03. The van der Waals surface area contributed by atoms with Crippen LogP contribution in [0.1, 0.15) is 23.7 Å². The predicted octanol–water partition coefficient (Wildman–Crippen LogP) is 3.62. The second kappa shape index (κ2) is 4.69. The molecule has 0 aliphatic carbocycles. The molecule has 0 bridgehead atoms. The van der Waals surface area contributed by atoms with Gasteiger partial charge in [0.05, 0.1) is 5.69 Å². The number of nitrogens with zero attached hydrogens (tertiary/aromatic N) is 2. The second-order valence-corrected chi connectivity index (χ2v) is 4.44. The quantitative estimate of drug-likeness (QED) is 0.665. The van der Waals surface area contributed by atoms with E-state index in [1.54, 1.807) is 10.9 Å². The zero-order chi connectivity index (χ0) is 13.2. The molecule has 0 N–H and O–H groups in total. The first-order chi connectivity index (χ1) is 9.29. The van der Waals surface area contributed by atoms with E-state index >= 15 is 0 Å². The SMILES string of the molecule is CCC(=O)c1cc2ccccc2cc1-n1cccn1. The topological polar surface area (TPSA) is 34.9 Å². The molecule has 0 spiro atoms. The highest BCUT2D eigenvalue weighted by Gasteiger charge is 2.12. The Kier molecular flexibility index (Phi) is 2.88. The third kappa shape index (κ3) is 2.03. The van der Waals surface area contributed by atoms with Crippen LogP contribution in [-0.4, -0.2) is 15.6 Å². The van der Waals surface area contributed by atoms with E-state index in [2.05, 4.69) is 5.10 Å². The van der Waals surface area contributed by atoms with Crippen LogP contribution in [0.4, 0.5) is 0 Å². The lowest BCUT2D eigenvalue weighted by molar-refractivity contribution is 0.0988. The Hall–Kier alpha value is -2.42. The van der Waals surface area contributed by atoms with Crippen molar-refractivity contribution in [2.24, 2.45) is 0 Å². The largest absolute Gasteiger partial charge is 0.294 e. The van der Waals surface area contributed by atoms with E-state index in [0.717, 1.165) is 22.0 Å². The number of hydrogen-bond donors (Lipinski definition) is 0. The molecule has 0 saturated heterocycles. The van der Waals surface area contributed by atoms with Crippen molar-refractivity contribution in [3.63, 3.8) is 0 Å². The van der Waals surface area contributed by atoms with Crippen LogP contribution in [-0.2, 0) is 0 Å². The summed E-state index contributed by atoms with van der Waals surface area (Å²) < 4.78 is 1.75. The van der Waals surface area contributed by atoms with Gasteiger partial charge in [-0.05, 0) is 29.0 Å². The van der Waals surface area contributed by atoms with Gasteiger partial charge >= 0.3 is 0 Å². The van der Waals surface area contributed by atoms with E-state index in [0.29, 0.717) is 6.42 Å². The van der Waals surface area contributed by atoms with Crippen molar-refractivity contribution in [3.8, 4) is 5.69 Å². The molecule has 3 aromatic rings. The zero-order valence-electron chi connectivity index (χ0n) is 10.7. The van der Waals surface area contributed by atoms with Gasteiger partial charge in [0, 0.05) is 24.4 Å². The molecule has 3 nitrogen and oxygen atoms in total. The van der Waals surface area contributed by atoms with Crippen molar-refractivity contribution in [2.45, 2.75) is 13.3 Å². The highest BCUT2D eigenvalue weighted by atomic mass is 16.1. The number of Topliss-reactive ketones (excluding diaryl/α,β-unsaturated/α-hetero) is 1. The van der Waals surface area contributed by atoms with E-state index in [9.17, 15) is 4.79 Å². The average molecular weight is 250 g/mol. The van der Waals surface area contributed by atoms with Gasteiger partial charge in [-0.2, -0.15) is 5.10 Å². The number of benzene rings is 2. The molecule has 2 aromatic carbocycles. The smallest absolute Gasteiger partial charge is 0.164 e. The third-order valence-electron chi connectivity index (χ3n) is 3.24. The normalized spacial score (nSPS) is 10.8. The maximum absolute atomic E-state index is 12.1. The van der Waals surface area contributed by atoms with Crippen LogP contribution in [0.15, 0.2) is 54.9 Å². The van der Waals surface area contributed by atoms with Crippen LogP contribution in [0.2, 0.25) is 0 Å². The number of aromatic nitrogens is 2. The van der Waals surface area contributed by atoms with Crippen molar-refractivity contribution < 1.29 is 4.79 Å². The summed E-state index contributed by atoms with van der Waals surface area (Å²) in [4.78, 5) is 12.1. The van der Waals surface area contributed by atoms with E-state index in [1.807, 2.05) is 55.6 Å². The molecule has 94 valence electrons. The van der Waals surface area contributed by atoms with Gasteiger partial charge in [0.15, 0.2) is 5.78 Å². The molecule has 0 aliphatic rings. The van der Waals surface area contributed by atoms with E-state index < -0.39 is 0 Å². The molecule has 3 rings (SSSR count). The van der Waals surface area contributed by atoms with Gasteiger partial charge in [0.2, 0.25) is 0 Å². The minimum absolute atomic E-state index is 0.135. The second-order valence-electron chi connectivity index (χ2n) is 4.44. The summed E-state index contributed by atoms with van der Waals surface area (Å²) in [5.41, 5.74) is 1.57. The van der Waals surface area contributed by atoms with Gasteiger partial charge in [-0.3, -0.25) is 4.79 Å². The fourth-order valence-corrected chi connectivity index (χ4v) is 2.24. The van der Waals surface area contributed by atoms with Crippen molar-refractivity contribution >= 4 is 16.6 Å². The first-order valence-corrected chi connectivity index (χ1v) is 6.35. The molecule has 0 amide bonds. The lowest BCUT2D eigenvalue weighted by atomic mass is 10.0. The summed E-state index contributed by atoms with van der Waals surface area (Å²) in [6, 6.07) is 13.9. The number of rotatable bonds is 3. The molecule has 0 atom stereocenters. The Morgan fingerprint density at radius 1 is 1.16 bits per heavy atom. The first-order valence-electron chi connectivity index (χ1n) is 6.35. The predicted molar refractivity (Wildman–Crippen MR) is 75.7 cm³/mol. The Balaban J connectivity index is 2.30. The van der Waals surface area contributed by atoms with Crippen LogP contribution in [0.25, 0.3) is 16.5 Å². The molecule has 0 saturated carbocycles. The molecular weight excluding hydrogens is 236 g/mol. The maximum Gasteiger partial charge on any atom is 0.164 e. The van der Waals surface area contributed by atoms with Gasteiger partial charge in [0.1, 0.15) is 0 Å². The molecule has 1 heterocycles. The van der Waals surface area contributed by atoms with Crippen LogP contribution in [0, 0.1) is 0 Å². The Morgan fingerprint density at radius 2 is 1.89 bits per heavy atom. The summed E-state index contributed by atoms with van der Waals surface area (Å²) in [5, 5.41) is 6.43. The lowest BCUT2D eigenvalue weighted by Crippen LogP contribution is -2.06. The van der Waals surface area contributed by atoms with Crippen molar-refractivity contribution in [1.29, 1.82) is 0 Å². The minimum Gasteiger partial charge on any atom is -0.294 e. The van der Waals surface area contributed by atoms with Gasteiger partial charge < -0.3 is 0 Å². The number of carbonyl (C=O) groups excluding carboxylic acids is 1. The Bertz CT molecular complexity index is 730. The monoisotopic (exact) mass is 250 g/mol. The van der Waals surface area contributed by atoms with Crippen LogP contribution >= 0.6 is 0 Å². The molecule has 0 unspecified atom stereocenters. The van der Waals surface area contributed by atoms with Gasteiger partial charge in [-0.15, -0.1) is 0 Å². The van der Waals surface area contributed by atoms with Gasteiger partial charge in [-0.25, -0.2) is 4.68 Å². The van der Waals surface area contributed by atoms with E-state index in [1.165, 1.54) is 0 Å². The molecule has 0 fully saturated rings. The standard InChI is InChI=1S/C16H14N2O/c1-2-16(19)14-10-12-6-3-4-7-13(12)11-15(14)18-9-5-8-17-18/h3-11H,2H2,1H3. The van der Waals surface area contributed by atoms with Gasteiger partial charge in [-0.1, -0.05) is 31.2 Å².